The molecule has 3 N–H and O–H groups in total. The van der Waals surface area contributed by atoms with Gasteiger partial charge in [-0.2, -0.15) is 14.6 Å². The highest BCUT2D eigenvalue weighted by molar-refractivity contribution is 6.33. The molecule has 1 amide bonds. The highest BCUT2D eigenvalue weighted by Gasteiger charge is 2.41. The number of piperidine rings is 1. The fourth-order valence-corrected chi connectivity index (χ4v) is 5.44. The van der Waals surface area contributed by atoms with Crippen LogP contribution in [0, 0.1) is 0 Å². The third kappa shape index (κ3) is 5.99. The summed E-state index contributed by atoms with van der Waals surface area (Å²) < 4.78 is 13.6. The Kier molecular flexibility index (Phi) is 8.16. The van der Waals surface area contributed by atoms with Crippen LogP contribution in [0.4, 0.5) is 5.82 Å². The number of nitrogens with two attached hydrogens (primary N) is 1. The summed E-state index contributed by atoms with van der Waals surface area (Å²) in [6.45, 7) is 6.60. The molecule has 41 heavy (non-hydrogen) atoms. The topological polar surface area (TPSA) is 115 Å². The zero-order valence-electron chi connectivity index (χ0n) is 23.2. The van der Waals surface area contributed by atoms with Crippen LogP contribution in [-0.4, -0.2) is 63.1 Å². The molecular formula is C30H33Cl2N5O4. The number of nitrogens with zero attached hydrogens (tertiary/aromatic N) is 4. The van der Waals surface area contributed by atoms with E-state index in [-0.39, 0.29) is 6.61 Å². The van der Waals surface area contributed by atoms with E-state index < -0.39 is 17.1 Å². The van der Waals surface area contributed by atoms with E-state index in [1.807, 2.05) is 55.5 Å². The number of aromatic nitrogens is 3. The Balaban J connectivity index is 1.71. The van der Waals surface area contributed by atoms with Crippen molar-refractivity contribution in [2.45, 2.75) is 44.8 Å². The molecular weight excluding hydrogens is 565 g/mol. The van der Waals surface area contributed by atoms with Crippen molar-refractivity contribution < 1.29 is 19.4 Å². The summed E-state index contributed by atoms with van der Waals surface area (Å²) in [5, 5.41) is 16.5. The van der Waals surface area contributed by atoms with Crippen LogP contribution in [0.25, 0.3) is 28.0 Å². The smallest absolute Gasteiger partial charge is 0.249 e. The molecule has 0 unspecified atom stereocenters. The van der Waals surface area contributed by atoms with Gasteiger partial charge in [0.2, 0.25) is 11.8 Å². The van der Waals surface area contributed by atoms with E-state index in [9.17, 15) is 9.90 Å². The van der Waals surface area contributed by atoms with Gasteiger partial charge in [0.15, 0.2) is 5.65 Å². The molecule has 1 saturated heterocycles. The molecule has 1 fully saturated rings. The van der Waals surface area contributed by atoms with Crippen LogP contribution in [0.1, 0.15) is 33.6 Å². The van der Waals surface area contributed by atoms with Crippen molar-refractivity contribution in [3.05, 3.63) is 64.6 Å². The fraction of sp³-hybridized carbons (Fsp3) is 0.367. The van der Waals surface area contributed by atoms with Crippen LogP contribution in [0.3, 0.4) is 0 Å². The number of aliphatic hydroxyl groups is 1. The number of fused-ring (bicyclic) bond motifs is 1. The molecule has 3 heterocycles. The largest absolute Gasteiger partial charge is 0.474 e. The molecule has 4 aromatic rings. The SMILES string of the molecule is CCOC1(C(N)=O)CCN(c2cc(OCC(C)(C)O)nc3c(-c4ccc(Cl)cc4)c(-c4ccccc4Cl)nn23)CC1. The summed E-state index contributed by atoms with van der Waals surface area (Å²) in [7, 11) is 0. The van der Waals surface area contributed by atoms with Crippen molar-refractivity contribution in [1.29, 1.82) is 0 Å². The molecule has 9 nitrogen and oxygen atoms in total. The van der Waals surface area contributed by atoms with Crippen molar-refractivity contribution in [3.63, 3.8) is 0 Å². The highest BCUT2D eigenvalue weighted by Crippen LogP contribution is 2.40. The van der Waals surface area contributed by atoms with E-state index >= 15 is 0 Å². The predicted octanol–water partition coefficient (Wildman–Crippen LogP) is 5.38. The molecule has 0 saturated carbocycles. The minimum Gasteiger partial charge on any atom is -0.474 e. The number of carbonyl (C=O) groups is 1. The highest BCUT2D eigenvalue weighted by atomic mass is 35.5. The fourth-order valence-electron chi connectivity index (χ4n) is 5.09. The van der Waals surface area contributed by atoms with Gasteiger partial charge in [-0.1, -0.05) is 53.5 Å². The quantitative estimate of drug-likeness (QED) is 0.266. The Morgan fingerprint density at radius 3 is 2.41 bits per heavy atom. The van der Waals surface area contributed by atoms with Gasteiger partial charge in [0.25, 0.3) is 0 Å². The van der Waals surface area contributed by atoms with Crippen LogP contribution in [-0.2, 0) is 9.53 Å². The molecule has 216 valence electrons. The standard InChI is InChI=1S/C30H33Cl2N5O4/c1-4-41-30(28(33)38)13-15-36(16-14-30)24-17-23(40-18-29(2,3)39)34-27-25(19-9-11-20(31)12-10-19)26(35-37(24)27)21-7-5-6-8-22(21)32/h5-12,17,39H,4,13-16,18H2,1-3H3,(H2,33,38). The van der Waals surface area contributed by atoms with Gasteiger partial charge in [-0.3, -0.25) is 4.79 Å². The second kappa shape index (κ2) is 11.5. The van der Waals surface area contributed by atoms with Crippen LogP contribution >= 0.6 is 23.2 Å². The molecule has 2 aromatic heterocycles. The van der Waals surface area contributed by atoms with E-state index in [0.29, 0.717) is 65.6 Å². The lowest BCUT2D eigenvalue weighted by atomic mass is 9.90. The van der Waals surface area contributed by atoms with Gasteiger partial charge >= 0.3 is 0 Å². The first-order valence-corrected chi connectivity index (χ1v) is 14.3. The maximum absolute atomic E-state index is 12.4. The van der Waals surface area contributed by atoms with Gasteiger partial charge in [-0.05, 0) is 44.5 Å². The number of benzene rings is 2. The number of hydrogen-bond acceptors (Lipinski definition) is 7. The predicted molar refractivity (Wildman–Crippen MR) is 161 cm³/mol. The molecule has 0 radical (unpaired) electrons. The first-order chi connectivity index (χ1) is 19.5. The molecule has 5 rings (SSSR count). The Morgan fingerprint density at radius 1 is 1.12 bits per heavy atom. The second-order valence-electron chi connectivity index (χ2n) is 10.8. The van der Waals surface area contributed by atoms with Gasteiger partial charge in [0, 0.05) is 49.2 Å². The summed E-state index contributed by atoms with van der Waals surface area (Å²) in [6, 6.07) is 16.8. The summed E-state index contributed by atoms with van der Waals surface area (Å²) in [5.41, 5.74) is 7.22. The minimum absolute atomic E-state index is 0.0343. The first-order valence-electron chi connectivity index (χ1n) is 13.5. The number of anilines is 1. The maximum Gasteiger partial charge on any atom is 0.249 e. The number of hydrogen-bond donors (Lipinski definition) is 2. The first kappa shape index (κ1) is 29.1. The van der Waals surface area contributed by atoms with Crippen molar-refractivity contribution in [2.24, 2.45) is 5.73 Å². The Hall–Kier alpha value is -3.37. The number of carbonyl (C=O) groups excluding carboxylic acids is 1. The number of halogens is 2. The van der Waals surface area contributed by atoms with Crippen LogP contribution < -0.4 is 15.4 Å². The van der Waals surface area contributed by atoms with Gasteiger partial charge < -0.3 is 25.2 Å². The van der Waals surface area contributed by atoms with E-state index in [0.717, 1.165) is 16.7 Å². The molecule has 0 atom stereocenters. The molecule has 2 aromatic carbocycles. The second-order valence-corrected chi connectivity index (χ2v) is 11.6. The Morgan fingerprint density at radius 2 is 1.80 bits per heavy atom. The molecule has 11 heteroatoms. The monoisotopic (exact) mass is 597 g/mol. The number of ether oxygens (including phenoxy) is 2. The zero-order valence-corrected chi connectivity index (χ0v) is 24.7. The van der Waals surface area contributed by atoms with Gasteiger partial charge in [-0.15, -0.1) is 0 Å². The maximum atomic E-state index is 12.4. The lowest BCUT2D eigenvalue weighted by molar-refractivity contribution is -0.146. The zero-order chi connectivity index (χ0) is 29.4. The van der Waals surface area contributed by atoms with E-state index in [1.165, 1.54) is 0 Å². The van der Waals surface area contributed by atoms with Crippen molar-refractivity contribution in [1.82, 2.24) is 14.6 Å². The third-order valence-corrected chi connectivity index (χ3v) is 7.73. The van der Waals surface area contributed by atoms with Crippen molar-refractivity contribution >= 4 is 40.6 Å². The molecule has 0 spiro atoms. The normalized spacial score (nSPS) is 15.3. The average molecular weight is 599 g/mol. The van der Waals surface area contributed by atoms with Crippen LogP contribution in [0.5, 0.6) is 5.88 Å². The van der Waals surface area contributed by atoms with E-state index in [4.69, 9.17) is 48.5 Å². The van der Waals surface area contributed by atoms with Gasteiger partial charge in [0.1, 0.15) is 23.7 Å². The summed E-state index contributed by atoms with van der Waals surface area (Å²) >= 11 is 12.9. The number of rotatable bonds is 9. The van der Waals surface area contributed by atoms with Crippen LogP contribution in [0.15, 0.2) is 54.6 Å². The van der Waals surface area contributed by atoms with Crippen molar-refractivity contribution in [2.75, 3.05) is 31.2 Å². The molecule has 1 aliphatic rings. The summed E-state index contributed by atoms with van der Waals surface area (Å²) in [6.07, 6.45) is 0.838. The Labute approximate surface area is 248 Å². The molecule has 1 aliphatic heterocycles. The van der Waals surface area contributed by atoms with Gasteiger partial charge in [-0.25, -0.2) is 0 Å². The van der Waals surface area contributed by atoms with Gasteiger partial charge in [0.05, 0.1) is 16.2 Å². The molecule has 0 aliphatic carbocycles. The lowest BCUT2D eigenvalue weighted by Gasteiger charge is -2.40. The van der Waals surface area contributed by atoms with E-state index in [2.05, 4.69) is 4.90 Å². The summed E-state index contributed by atoms with van der Waals surface area (Å²) in [5.74, 6) is 0.578. The number of primary amides is 1. The number of amides is 1. The Bertz CT molecular complexity index is 1560. The minimum atomic E-state index is -1.07. The third-order valence-electron chi connectivity index (χ3n) is 7.15. The van der Waals surface area contributed by atoms with E-state index in [1.54, 1.807) is 24.4 Å². The summed E-state index contributed by atoms with van der Waals surface area (Å²) in [4.78, 5) is 19.3. The van der Waals surface area contributed by atoms with Crippen molar-refractivity contribution in [3.8, 4) is 28.3 Å². The van der Waals surface area contributed by atoms with Crippen LogP contribution in [0.2, 0.25) is 10.0 Å². The average Bonchev–Trinajstić information content (AvgIpc) is 3.31. The lowest BCUT2D eigenvalue weighted by Crippen LogP contribution is -2.54. The molecule has 0 bridgehead atoms.